The molecule has 3 heterocycles. The SMILES string of the molecule is Cc1cc(C(C)N)c2cc(N3Cc4ccc(F)cc4C3)c(C)c(=O)n2c1. The van der Waals surface area contributed by atoms with Crippen molar-refractivity contribution >= 4 is 11.2 Å². The molecule has 0 spiro atoms. The third-order valence-electron chi connectivity index (χ3n) is 5.19. The van der Waals surface area contributed by atoms with Crippen molar-refractivity contribution < 1.29 is 4.39 Å². The van der Waals surface area contributed by atoms with E-state index >= 15 is 0 Å². The van der Waals surface area contributed by atoms with Gasteiger partial charge >= 0.3 is 0 Å². The lowest BCUT2D eigenvalue weighted by Crippen LogP contribution is -2.25. The summed E-state index contributed by atoms with van der Waals surface area (Å²) in [6, 6.07) is 8.79. The molecule has 2 N–H and O–H groups in total. The summed E-state index contributed by atoms with van der Waals surface area (Å²) < 4.78 is 15.2. The van der Waals surface area contributed by atoms with E-state index < -0.39 is 0 Å². The highest BCUT2D eigenvalue weighted by Gasteiger charge is 2.23. The molecule has 0 saturated heterocycles. The Hall–Kier alpha value is -2.66. The van der Waals surface area contributed by atoms with E-state index in [1.165, 1.54) is 6.07 Å². The first-order valence-electron chi connectivity index (χ1n) is 8.79. The van der Waals surface area contributed by atoms with Crippen molar-refractivity contribution in [2.24, 2.45) is 5.73 Å². The molecule has 1 unspecified atom stereocenters. The van der Waals surface area contributed by atoms with Gasteiger partial charge in [0.15, 0.2) is 0 Å². The zero-order valence-corrected chi connectivity index (χ0v) is 15.2. The van der Waals surface area contributed by atoms with Crippen molar-refractivity contribution in [2.75, 3.05) is 4.90 Å². The summed E-state index contributed by atoms with van der Waals surface area (Å²) in [6.07, 6.45) is 1.86. The van der Waals surface area contributed by atoms with Crippen molar-refractivity contribution in [1.29, 1.82) is 0 Å². The van der Waals surface area contributed by atoms with Gasteiger partial charge in [-0.3, -0.25) is 9.20 Å². The van der Waals surface area contributed by atoms with Crippen LogP contribution in [0.15, 0.2) is 41.3 Å². The molecule has 1 aliphatic heterocycles. The average Bonchev–Trinajstić information content (AvgIpc) is 3.00. The highest BCUT2D eigenvalue weighted by Crippen LogP contribution is 2.32. The number of halogens is 1. The lowest BCUT2D eigenvalue weighted by Gasteiger charge is -2.22. The molecule has 26 heavy (non-hydrogen) atoms. The van der Waals surface area contributed by atoms with Crippen LogP contribution in [0.25, 0.3) is 5.52 Å². The second kappa shape index (κ2) is 5.95. The maximum atomic E-state index is 13.5. The van der Waals surface area contributed by atoms with Crippen LogP contribution in [0, 0.1) is 19.7 Å². The lowest BCUT2D eigenvalue weighted by molar-refractivity contribution is 0.626. The molecule has 0 bridgehead atoms. The number of pyridine rings is 2. The number of fused-ring (bicyclic) bond motifs is 2. The summed E-state index contributed by atoms with van der Waals surface area (Å²) in [5.41, 5.74) is 12.6. The molecule has 5 heteroatoms. The van der Waals surface area contributed by atoms with E-state index in [2.05, 4.69) is 4.90 Å². The van der Waals surface area contributed by atoms with E-state index in [1.807, 2.05) is 45.2 Å². The number of nitrogens with two attached hydrogens (primary N) is 1. The Morgan fingerprint density at radius 2 is 1.85 bits per heavy atom. The molecule has 1 atom stereocenters. The number of aryl methyl sites for hydroxylation is 1. The number of aromatic nitrogens is 1. The molecular weight excluding hydrogens is 329 g/mol. The molecule has 134 valence electrons. The Kier molecular flexibility index (Phi) is 3.84. The predicted octanol–water partition coefficient (Wildman–Crippen LogP) is 3.60. The van der Waals surface area contributed by atoms with Crippen molar-refractivity contribution in [3.63, 3.8) is 0 Å². The predicted molar refractivity (Wildman–Crippen MR) is 102 cm³/mol. The zero-order chi connectivity index (χ0) is 18.6. The van der Waals surface area contributed by atoms with Crippen LogP contribution >= 0.6 is 0 Å². The largest absolute Gasteiger partial charge is 0.362 e. The van der Waals surface area contributed by atoms with Gasteiger partial charge < -0.3 is 10.6 Å². The molecular formula is C21H22FN3O. The number of nitrogens with zero attached hydrogens (tertiary/aromatic N) is 2. The number of hydrogen-bond donors (Lipinski definition) is 1. The molecule has 4 nitrogen and oxygen atoms in total. The summed E-state index contributed by atoms with van der Waals surface area (Å²) in [7, 11) is 0. The first-order valence-corrected chi connectivity index (χ1v) is 8.79. The van der Waals surface area contributed by atoms with Gasteiger partial charge in [0.25, 0.3) is 5.56 Å². The monoisotopic (exact) mass is 351 g/mol. The highest BCUT2D eigenvalue weighted by atomic mass is 19.1. The number of hydrogen-bond acceptors (Lipinski definition) is 3. The second-order valence-corrected chi connectivity index (χ2v) is 7.25. The zero-order valence-electron chi connectivity index (χ0n) is 15.2. The van der Waals surface area contributed by atoms with Crippen molar-refractivity contribution in [3.8, 4) is 0 Å². The molecule has 1 aromatic carbocycles. The fourth-order valence-corrected chi connectivity index (χ4v) is 3.84. The molecule has 0 amide bonds. The fraction of sp³-hybridized carbons (Fsp3) is 0.286. The van der Waals surface area contributed by atoms with Gasteiger partial charge in [0.1, 0.15) is 5.82 Å². The minimum absolute atomic E-state index is 0.0368. The summed E-state index contributed by atoms with van der Waals surface area (Å²) in [5.74, 6) is -0.226. The second-order valence-electron chi connectivity index (χ2n) is 7.25. The van der Waals surface area contributed by atoms with Crippen LogP contribution in [0.1, 0.15) is 40.8 Å². The van der Waals surface area contributed by atoms with Crippen LogP contribution in [-0.2, 0) is 13.1 Å². The Balaban J connectivity index is 1.89. The van der Waals surface area contributed by atoms with Crippen LogP contribution in [0.3, 0.4) is 0 Å². The third kappa shape index (κ3) is 2.59. The first kappa shape index (κ1) is 16.8. The van der Waals surface area contributed by atoms with Crippen molar-refractivity contribution in [3.05, 3.63) is 80.5 Å². The maximum absolute atomic E-state index is 13.5. The summed E-state index contributed by atoms with van der Waals surface area (Å²) in [4.78, 5) is 15.1. The minimum Gasteiger partial charge on any atom is -0.362 e. The van der Waals surface area contributed by atoms with Crippen LogP contribution in [0.2, 0.25) is 0 Å². The molecule has 0 saturated carbocycles. The number of rotatable bonds is 2. The molecule has 0 fully saturated rings. The minimum atomic E-state index is -0.226. The Labute approximate surface area is 151 Å². The summed E-state index contributed by atoms with van der Waals surface area (Å²) in [6.45, 7) is 7.01. The van der Waals surface area contributed by atoms with Crippen molar-refractivity contribution in [2.45, 2.75) is 39.9 Å². The topological polar surface area (TPSA) is 50.7 Å². The van der Waals surface area contributed by atoms with Gasteiger partial charge in [-0.25, -0.2) is 4.39 Å². The number of benzene rings is 1. The van der Waals surface area contributed by atoms with Crippen molar-refractivity contribution in [1.82, 2.24) is 4.40 Å². The Bertz CT molecular complexity index is 1080. The van der Waals surface area contributed by atoms with Gasteiger partial charge in [-0.05, 0) is 61.2 Å². The van der Waals surface area contributed by atoms with E-state index in [0.717, 1.165) is 33.5 Å². The fourth-order valence-electron chi connectivity index (χ4n) is 3.84. The van der Waals surface area contributed by atoms with E-state index in [-0.39, 0.29) is 17.4 Å². The molecule has 2 aromatic heterocycles. The normalized spacial score (nSPS) is 14.7. The Morgan fingerprint density at radius 3 is 2.58 bits per heavy atom. The molecule has 0 radical (unpaired) electrons. The average molecular weight is 351 g/mol. The number of anilines is 1. The van der Waals surface area contributed by atoms with Gasteiger partial charge in [0.2, 0.25) is 0 Å². The summed E-state index contributed by atoms with van der Waals surface area (Å²) >= 11 is 0. The molecule has 3 aromatic rings. The van der Waals surface area contributed by atoms with Gasteiger partial charge in [-0.2, -0.15) is 0 Å². The third-order valence-corrected chi connectivity index (χ3v) is 5.19. The van der Waals surface area contributed by atoms with Gasteiger partial charge in [-0.1, -0.05) is 12.1 Å². The molecule has 1 aliphatic rings. The van der Waals surface area contributed by atoms with E-state index in [1.54, 1.807) is 10.5 Å². The van der Waals surface area contributed by atoms with Crippen LogP contribution < -0.4 is 16.2 Å². The Morgan fingerprint density at radius 1 is 1.12 bits per heavy atom. The summed E-state index contributed by atoms with van der Waals surface area (Å²) in [5, 5.41) is 0. The van der Waals surface area contributed by atoms with E-state index in [0.29, 0.717) is 18.7 Å². The van der Waals surface area contributed by atoms with E-state index in [9.17, 15) is 9.18 Å². The van der Waals surface area contributed by atoms with Gasteiger partial charge in [0.05, 0.1) is 5.52 Å². The van der Waals surface area contributed by atoms with E-state index in [4.69, 9.17) is 5.73 Å². The molecule has 4 rings (SSSR count). The maximum Gasteiger partial charge on any atom is 0.260 e. The van der Waals surface area contributed by atoms with Crippen LogP contribution in [0.5, 0.6) is 0 Å². The van der Waals surface area contributed by atoms with Gasteiger partial charge in [-0.15, -0.1) is 0 Å². The quantitative estimate of drug-likeness (QED) is 0.767. The molecule has 0 aliphatic carbocycles. The lowest BCUT2D eigenvalue weighted by atomic mass is 10.0. The first-order chi connectivity index (χ1) is 12.3. The van der Waals surface area contributed by atoms with Crippen LogP contribution in [0.4, 0.5) is 10.1 Å². The standard InChI is InChI=1S/C21H22FN3O/c1-12-6-18(14(3)23)20-8-19(13(2)21(26)25(20)9-12)24-10-15-4-5-17(22)7-16(15)11-24/h4-9,14H,10-11,23H2,1-3H3. The van der Waals surface area contributed by atoms with Crippen LogP contribution in [-0.4, -0.2) is 4.40 Å². The smallest absolute Gasteiger partial charge is 0.260 e. The highest BCUT2D eigenvalue weighted by molar-refractivity contribution is 5.68. The van der Waals surface area contributed by atoms with Gasteiger partial charge in [0, 0.05) is 36.6 Å².